The second-order valence-electron chi connectivity index (χ2n) is 8.65. The highest BCUT2D eigenvalue weighted by Crippen LogP contribution is 2.31. The third kappa shape index (κ3) is 5.71. The fourth-order valence-electron chi connectivity index (χ4n) is 3.96. The number of carbonyl (C=O) groups is 2. The molecule has 0 aliphatic carbocycles. The molecule has 12 heteroatoms. The van der Waals surface area contributed by atoms with Gasteiger partial charge in [0.25, 0.3) is 5.91 Å². The summed E-state index contributed by atoms with van der Waals surface area (Å²) in [5.41, 5.74) is 8.27. The predicted octanol–water partition coefficient (Wildman–Crippen LogP) is 4.94. The average molecular weight is 561 g/mol. The highest BCUT2D eigenvalue weighted by atomic mass is 32.1. The summed E-state index contributed by atoms with van der Waals surface area (Å²) in [5, 5.41) is 6.57. The normalized spacial score (nSPS) is 10.9. The average Bonchev–Trinajstić information content (AvgIpc) is 3.45. The number of fused-ring (bicyclic) bond motifs is 1. The van der Waals surface area contributed by atoms with Crippen molar-refractivity contribution in [1.29, 1.82) is 0 Å². The number of hydrogen-bond donors (Lipinski definition) is 3. The van der Waals surface area contributed by atoms with Gasteiger partial charge in [0.15, 0.2) is 11.6 Å². The molecule has 0 atom stereocenters. The number of hydrogen-bond acceptors (Lipinski definition) is 9. The number of pyridine rings is 1. The molecule has 0 unspecified atom stereocenters. The standard InChI is InChI=1S/C28H22F2N6O3S/c1-39-28(38)17-10-20(27(37)34-11-15-2-5-21(29)22(30)8-15)26(32-12-17)33-13-18-4-7-24(40-18)16-3-6-23-19(9-16)25(31)36-14-35-23/h2-10,12,14H,11,13H2,1H3,(H,32,33)(H,34,37)(H2,31,35,36). The molecule has 0 saturated heterocycles. The van der Waals surface area contributed by atoms with Gasteiger partial charge in [-0.15, -0.1) is 11.3 Å². The molecule has 5 rings (SSSR count). The van der Waals surface area contributed by atoms with Crippen LogP contribution in [0, 0.1) is 11.6 Å². The summed E-state index contributed by atoms with van der Waals surface area (Å²) in [6, 6.07) is 14.4. The van der Waals surface area contributed by atoms with Crippen molar-refractivity contribution in [2.75, 3.05) is 18.2 Å². The predicted molar refractivity (Wildman–Crippen MR) is 148 cm³/mol. The number of methoxy groups -OCH3 is 1. The molecule has 3 heterocycles. The van der Waals surface area contributed by atoms with Gasteiger partial charge in [-0.05, 0) is 53.6 Å². The lowest BCUT2D eigenvalue weighted by Gasteiger charge is -2.12. The van der Waals surface area contributed by atoms with Gasteiger partial charge in [0.1, 0.15) is 18.0 Å². The summed E-state index contributed by atoms with van der Waals surface area (Å²) in [6.07, 6.45) is 2.73. The molecule has 0 saturated carbocycles. The van der Waals surface area contributed by atoms with Crippen LogP contribution in [0.4, 0.5) is 20.4 Å². The van der Waals surface area contributed by atoms with E-state index in [0.29, 0.717) is 17.9 Å². The van der Waals surface area contributed by atoms with Crippen LogP contribution in [0.2, 0.25) is 0 Å². The van der Waals surface area contributed by atoms with E-state index in [9.17, 15) is 18.4 Å². The molecule has 2 aromatic carbocycles. The van der Waals surface area contributed by atoms with Gasteiger partial charge in [0.05, 0.1) is 30.3 Å². The van der Waals surface area contributed by atoms with Crippen molar-refractivity contribution in [3.63, 3.8) is 0 Å². The maximum atomic E-state index is 13.6. The maximum absolute atomic E-state index is 13.6. The van der Waals surface area contributed by atoms with Crippen LogP contribution in [0.5, 0.6) is 0 Å². The number of carbonyl (C=O) groups excluding carboxylic acids is 2. The van der Waals surface area contributed by atoms with E-state index in [1.165, 1.54) is 31.8 Å². The Labute approximate surface area is 231 Å². The van der Waals surface area contributed by atoms with Crippen LogP contribution in [0.25, 0.3) is 21.3 Å². The van der Waals surface area contributed by atoms with Crippen LogP contribution in [-0.4, -0.2) is 33.9 Å². The molecule has 0 radical (unpaired) electrons. The number of rotatable bonds is 8. The van der Waals surface area contributed by atoms with E-state index in [1.807, 2.05) is 30.3 Å². The SMILES string of the molecule is COC(=O)c1cnc(NCc2ccc(-c3ccc4ncnc(N)c4c3)s2)c(C(=O)NCc2ccc(F)c(F)c2)c1. The molecule has 202 valence electrons. The van der Waals surface area contributed by atoms with Crippen molar-refractivity contribution >= 4 is 45.8 Å². The molecule has 1 amide bonds. The fourth-order valence-corrected chi connectivity index (χ4v) is 4.91. The summed E-state index contributed by atoms with van der Waals surface area (Å²) in [4.78, 5) is 39.6. The van der Waals surface area contributed by atoms with E-state index in [0.717, 1.165) is 38.4 Å². The topological polar surface area (TPSA) is 132 Å². The maximum Gasteiger partial charge on any atom is 0.339 e. The summed E-state index contributed by atoms with van der Waals surface area (Å²) in [6.45, 7) is 0.283. The second-order valence-corrected chi connectivity index (χ2v) is 9.82. The minimum atomic E-state index is -1.01. The van der Waals surface area contributed by atoms with Crippen molar-refractivity contribution in [2.45, 2.75) is 13.1 Å². The van der Waals surface area contributed by atoms with E-state index in [2.05, 4.69) is 25.6 Å². The number of esters is 1. The van der Waals surface area contributed by atoms with Gasteiger partial charge in [-0.1, -0.05) is 12.1 Å². The number of ether oxygens (including phenoxy) is 1. The number of anilines is 2. The molecule has 0 spiro atoms. The van der Waals surface area contributed by atoms with Crippen LogP contribution >= 0.6 is 11.3 Å². The lowest BCUT2D eigenvalue weighted by molar-refractivity contribution is 0.0600. The number of nitrogen functional groups attached to an aromatic ring is 1. The molecule has 0 bridgehead atoms. The Kier molecular flexibility index (Phi) is 7.60. The van der Waals surface area contributed by atoms with Crippen LogP contribution in [0.15, 0.2) is 67.1 Å². The zero-order valence-electron chi connectivity index (χ0n) is 21.1. The highest BCUT2D eigenvalue weighted by molar-refractivity contribution is 7.15. The highest BCUT2D eigenvalue weighted by Gasteiger charge is 2.18. The number of nitrogens with zero attached hydrogens (tertiary/aromatic N) is 3. The fraction of sp³-hybridized carbons (Fsp3) is 0.107. The lowest BCUT2D eigenvalue weighted by atomic mass is 10.1. The minimum Gasteiger partial charge on any atom is -0.465 e. The van der Waals surface area contributed by atoms with Gasteiger partial charge >= 0.3 is 5.97 Å². The molecule has 0 aliphatic heterocycles. The molecule has 0 fully saturated rings. The molecule has 0 aliphatic rings. The Morgan fingerprint density at radius 3 is 2.62 bits per heavy atom. The first-order valence-corrected chi connectivity index (χ1v) is 12.8. The number of nitrogens with two attached hydrogens (primary N) is 1. The van der Waals surface area contributed by atoms with Crippen LogP contribution < -0.4 is 16.4 Å². The summed E-state index contributed by atoms with van der Waals surface area (Å²) in [5.74, 6) is -2.57. The molecular weight excluding hydrogens is 538 g/mol. The molecule has 3 aromatic heterocycles. The van der Waals surface area contributed by atoms with E-state index >= 15 is 0 Å². The largest absolute Gasteiger partial charge is 0.465 e. The Morgan fingerprint density at radius 2 is 1.82 bits per heavy atom. The number of aromatic nitrogens is 3. The number of benzene rings is 2. The van der Waals surface area contributed by atoms with Crippen molar-refractivity contribution in [3.8, 4) is 10.4 Å². The Bertz CT molecular complexity index is 1740. The smallest absolute Gasteiger partial charge is 0.339 e. The summed E-state index contributed by atoms with van der Waals surface area (Å²) in [7, 11) is 1.22. The number of nitrogens with one attached hydrogen (secondary N) is 2. The number of amides is 1. The Morgan fingerprint density at radius 1 is 0.975 bits per heavy atom. The third-order valence-electron chi connectivity index (χ3n) is 6.03. The van der Waals surface area contributed by atoms with Gasteiger partial charge < -0.3 is 21.1 Å². The van der Waals surface area contributed by atoms with Gasteiger partial charge in [0, 0.05) is 27.9 Å². The van der Waals surface area contributed by atoms with Gasteiger partial charge in [-0.25, -0.2) is 28.5 Å². The van der Waals surface area contributed by atoms with Gasteiger partial charge in [0.2, 0.25) is 0 Å². The van der Waals surface area contributed by atoms with Crippen LogP contribution in [0.3, 0.4) is 0 Å². The molecular formula is C28H22F2N6O3S. The molecule has 40 heavy (non-hydrogen) atoms. The van der Waals surface area contributed by atoms with Gasteiger partial charge in [-0.2, -0.15) is 0 Å². The summed E-state index contributed by atoms with van der Waals surface area (Å²) < 4.78 is 31.5. The zero-order chi connectivity index (χ0) is 28.2. The Hall–Kier alpha value is -4.97. The molecule has 4 N–H and O–H groups in total. The van der Waals surface area contributed by atoms with Crippen LogP contribution in [0.1, 0.15) is 31.2 Å². The zero-order valence-corrected chi connectivity index (χ0v) is 21.9. The number of thiophene rings is 1. The van der Waals surface area contributed by atoms with Crippen LogP contribution in [-0.2, 0) is 17.8 Å². The van der Waals surface area contributed by atoms with E-state index in [-0.39, 0.29) is 23.5 Å². The van der Waals surface area contributed by atoms with Gasteiger partial charge in [-0.3, -0.25) is 4.79 Å². The lowest BCUT2D eigenvalue weighted by Crippen LogP contribution is -2.25. The quantitative estimate of drug-likeness (QED) is 0.227. The summed E-state index contributed by atoms with van der Waals surface area (Å²) >= 11 is 1.54. The van der Waals surface area contributed by atoms with E-state index in [1.54, 1.807) is 11.3 Å². The van der Waals surface area contributed by atoms with Crippen molar-refractivity contribution in [1.82, 2.24) is 20.3 Å². The van der Waals surface area contributed by atoms with Crippen molar-refractivity contribution < 1.29 is 23.1 Å². The molecule has 9 nitrogen and oxygen atoms in total. The first-order chi connectivity index (χ1) is 19.3. The van der Waals surface area contributed by atoms with Crippen molar-refractivity contribution in [3.05, 3.63) is 100 Å². The second kappa shape index (κ2) is 11.4. The number of halogens is 2. The van der Waals surface area contributed by atoms with E-state index in [4.69, 9.17) is 10.5 Å². The third-order valence-corrected chi connectivity index (χ3v) is 7.17. The van der Waals surface area contributed by atoms with E-state index < -0.39 is 23.5 Å². The molecule has 5 aromatic rings. The monoisotopic (exact) mass is 560 g/mol. The Balaban J connectivity index is 1.34. The first kappa shape index (κ1) is 26.6. The van der Waals surface area contributed by atoms with Crippen molar-refractivity contribution in [2.24, 2.45) is 0 Å². The first-order valence-electron chi connectivity index (χ1n) is 12.0. The minimum absolute atomic E-state index is 0.0620.